The molecule has 0 radical (unpaired) electrons. The van der Waals surface area contributed by atoms with E-state index in [9.17, 15) is 4.79 Å². The van der Waals surface area contributed by atoms with Crippen LogP contribution in [0.25, 0.3) is 0 Å². The van der Waals surface area contributed by atoms with Gasteiger partial charge in [0.1, 0.15) is 0 Å². The topological polar surface area (TPSA) is 53.2 Å². The lowest BCUT2D eigenvalue weighted by atomic mass is 9.87. The van der Waals surface area contributed by atoms with Crippen molar-refractivity contribution in [2.75, 3.05) is 19.6 Å². The summed E-state index contributed by atoms with van der Waals surface area (Å²) in [7, 11) is 0. The Balaban J connectivity index is 0.000000605. The number of hydrogen-bond acceptors (Lipinski definition) is 2. The largest absolute Gasteiger partial charge is 0.338 e. The summed E-state index contributed by atoms with van der Waals surface area (Å²) in [6.07, 6.45) is 1.05. The molecule has 0 aromatic heterocycles. The average Bonchev–Trinajstić information content (AvgIpc) is 1.85. The first-order chi connectivity index (χ1) is 4.81. The third-order valence-electron chi connectivity index (χ3n) is 2.19. The van der Waals surface area contributed by atoms with Gasteiger partial charge in [0.15, 0.2) is 0 Å². The van der Waals surface area contributed by atoms with Crippen molar-refractivity contribution >= 4 is 18.4 Å². The molecule has 4 nitrogen and oxygen atoms in total. The van der Waals surface area contributed by atoms with Crippen molar-refractivity contribution < 1.29 is 4.79 Å². The second-order valence-corrected chi connectivity index (χ2v) is 3.01. The Hall–Kier alpha value is -0.480. The Kier molecular flexibility index (Phi) is 2.25. The van der Waals surface area contributed by atoms with Crippen LogP contribution in [0.3, 0.4) is 0 Å². The molecule has 0 aromatic carbocycles. The van der Waals surface area contributed by atoms with E-state index in [-0.39, 0.29) is 24.0 Å². The molecule has 2 aliphatic rings. The Morgan fingerprint density at radius 1 is 1.36 bits per heavy atom. The van der Waals surface area contributed by atoms with Crippen LogP contribution in [0.1, 0.15) is 6.42 Å². The van der Waals surface area contributed by atoms with Crippen LogP contribution >= 0.6 is 12.4 Å². The minimum atomic E-state index is -0.0206. The van der Waals surface area contributed by atoms with E-state index < -0.39 is 0 Å². The van der Waals surface area contributed by atoms with Crippen LogP contribution < -0.4 is 16.0 Å². The maximum atomic E-state index is 10.8. The van der Waals surface area contributed by atoms with Gasteiger partial charge in [-0.2, -0.15) is 0 Å². The molecule has 2 fully saturated rings. The fourth-order valence-corrected chi connectivity index (χ4v) is 1.45. The van der Waals surface area contributed by atoms with Crippen LogP contribution in [-0.4, -0.2) is 31.2 Å². The van der Waals surface area contributed by atoms with E-state index in [1.165, 1.54) is 0 Å². The molecule has 2 aliphatic heterocycles. The molecule has 1 spiro atoms. The number of nitrogens with one attached hydrogen (secondary N) is 3. The lowest BCUT2D eigenvalue weighted by molar-refractivity contribution is 0.168. The van der Waals surface area contributed by atoms with Crippen LogP contribution in [-0.2, 0) is 0 Å². The first kappa shape index (κ1) is 8.62. The van der Waals surface area contributed by atoms with Gasteiger partial charge in [0.05, 0.1) is 5.54 Å². The number of carbonyl (C=O) groups excluding carboxylic acids is 1. The SMILES string of the molecule is Cl.O=C1NCCC2(CNC2)N1. The van der Waals surface area contributed by atoms with Gasteiger partial charge in [-0.15, -0.1) is 12.4 Å². The number of hydrogen-bond donors (Lipinski definition) is 3. The molecule has 5 heteroatoms. The van der Waals surface area contributed by atoms with Crippen LogP contribution in [0.2, 0.25) is 0 Å². The lowest BCUT2D eigenvalue weighted by Crippen LogP contribution is -2.73. The summed E-state index contributed by atoms with van der Waals surface area (Å²) in [4.78, 5) is 10.8. The molecule has 2 heterocycles. The lowest BCUT2D eigenvalue weighted by Gasteiger charge is -2.45. The first-order valence-corrected chi connectivity index (χ1v) is 3.58. The van der Waals surface area contributed by atoms with E-state index >= 15 is 0 Å². The van der Waals surface area contributed by atoms with E-state index in [0.29, 0.717) is 0 Å². The smallest absolute Gasteiger partial charge is 0.315 e. The molecule has 0 aliphatic carbocycles. The van der Waals surface area contributed by atoms with Crippen molar-refractivity contribution in [3.8, 4) is 0 Å². The number of amides is 2. The van der Waals surface area contributed by atoms with Gasteiger partial charge in [0, 0.05) is 19.6 Å². The van der Waals surface area contributed by atoms with Gasteiger partial charge in [-0.1, -0.05) is 0 Å². The fourth-order valence-electron chi connectivity index (χ4n) is 1.45. The van der Waals surface area contributed by atoms with Crippen molar-refractivity contribution in [3.05, 3.63) is 0 Å². The van der Waals surface area contributed by atoms with Crippen molar-refractivity contribution in [3.63, 3.8) is 0 Å². The predicted molar refractivity (Wildman–Crippen MR) is 44.0 cm³/mol. The summed E-state index contributed by atoms with van der Waals surface area (Å²) >= 11 is 0. The van der Waals surface area contributed by atoms with Crippen LogP contribution in [0, 0.1) is 0 Å². The van der Waals surface area contributed by atoms with Gasteiger partial charge in [-0.05, 0) is 6.42 Å². The van der Waals surface area contributed by atoms with Crippen LogP contribution in [0.5, 0.6) is 0 Å². The maximum Gasteiger partial charge on any atom is 0.315 e. The van der Waals surface area contributed by atoms with Gasteiger partial charge in [-0.3, -0.25) is 0 Å². The molecule has 2 saturated heterocycles. The number of carbonyl (C=O) groups is 1. The third-order valence-corrected chi connectivity index (χ3v) is 2.19. The molecule has 11 heavy (non-hydrogen) atoms. The molecular formula is C6H12ClN3O. The molecule has 2 amide bonds. The third kappa shape index (κ3) is 1.41. The highest BCUT2D eigenvalue weighted by Gasteiger charge is 2.40. The monoisotopic (exact) mass is 177 g/mol. The highest BCUT2D eigenvalue weighted by molar-refractivity contribution is 5.85. The summed E-state index contributed by atoms with van der Waals surface area (Å²) in [5.41, 5.74) is 0.0995. The minimum Gasteiger partial charge on any atom is -0.338 e. The van der Waals surface area contributed by atoms with E-state index in [1.54, 1.807) is 0 Å². The Labute approximate surface area is 71.5 Å². The quantitative estimate of drug-likeness (QED) is 0.465. The summed E-state index contributed by atoms with van der Waals surface area (Å²) in [6.45, 7) is 2.67. The molecular weight excluding hydrogens is 166 g/mol. The number of urea groups is 1. The van der Waals surface area contributed by atoms with E-state index in [0.717, 1.165) is 26.1 Å². The fraction of sp³-hybridized carbons (Fsp3) is 0.833. The van der Waals surface area contributed by atoms with Gasteiger partial charge in [0.25, 0.3) is 0 Å². The first-order valence-electron chi connectivity index (χ1n) is 3.58. The van der Waals surface area contributed by atoms with Gasteiger partial charge < -0.3 is 16.0 Å². The Morgan fingerprint density at radius 2 is 2.09 bits per heavy atom. The van der Waals surface area contributed by atoms with Crippen molar-refractivity contribution in [2.24, 2.45) is 0 Å². The van der Waals surface area contributed by atoms with Crippen LogP contribution in [0.15, 0.2) is 0 Å². The van der Waals surface area contributed by atoms with Crippen molar-refractivity contribution in [2.45, 2.75) is 12.0 Å². The van der Waals surface area contributed by atoms with Crippen LogP contribution in [0.4, 0.5) is 4.79 Å². The average molecular weight is 178 g/mol. The Morgan fingerprint density at radius 3 is 2.45 bits per heavy atom. The molecule has 64 valence electrons. The summed E-state index contributed by atoms with van der Waals surface area (Å²) in [6, 6.07) is -0.0206. The normalized spacial score (nSPS) is 26.0. The van der Waals surface area contributed by atoms with Gasteiger partial charge in [-0.25, -0.2) is 4.79 Å². The zero-order valence-electron chi connectivity index (χ0n) is 6.14. The van der Waals surface area contributed by atoms with E-state index in [2.05, 4.69) is 16.0 Å². The van der Waals surface area contributed by atoms with Crippen molar-refractivity contribution in [1.29, 1.82) is 0 Å². The van der Waals surface area contributed by atoms with Crippen molar-refractivity contribution in [1.82, 2.24) is 16.0 Å². The predicted octanol–water partition coefficient (Wildman–Crippen LogP) is -0.547. The molecule has 0 aromatic rings. The second kappa shape index (κ2) is 2.87. The molecule has 0 atom stereocenters. The summed E-state index contributed by atoms with van der Waals surface area (Å²) in [5, 5.41) is 8.79. The minimum absolute atomic E-state index is 0. The molecule has 3 N–H and O–H groups in total. The molecule has 0 saturated carbocycles. The summed E-state index contributed by atoms with van der Waals surface area (Å²) in [5.74, 6) is 0. The molecule has 0 unspecified atom stereocenters. The number of halogens is 1. The summed E-state index contributed by atoms with van der Waals surface area (Å²) < 4.78 is 0. The standard InChI is InChI=1S/C6H11N3O.ClH/c10-5-8-2-1-6(9-5)3-7-4-6;/h7H,1-4H2,(H2,8,9,10);1H. The van der Waals surface area contributed by atoms with E-state index in [1.807, 2.05) is 0 Å². The Bertz CT molecular complexity index is 169. The van der Waals surface area contributed by atoms with Gasteiger partial charge >= 0.3 is 6.03 Å². The number of rotatable bonds is 0. The molecule has 0 bridgehead atoms. The highest BCUT2D eigenvalue weighted by atomic mass is 35.5. The zero-order chi connectivity index (χ0) is 7.03. The van der Waals surface area contributed by atoms with Gasteiger partial charge in [0.2, 0.25) is 0 Å². The zero-order valence-corrected chi connectivity index (χ0v) is 6.96. The maximum absolute atomic E-state index is 10.8. The van der Waals surface area contributed by atoms with E-state index in [4.69, 9.17) is 0 Å². The molecule has 2 rings (SSSR count). The second-order valence-electron chi connectivity index (χ2n) is 3.01. The highest BCUT2D eigenvalue weighted by Crippen LogP contribution is 2.16.